The number of likely N-dealkylation sites (N-methyl/N-ethyl adjacent to an activating group) is 1. The highest BCUT2D eigenvalue weighted by molar-refractivity contribution is 7.91. The molecule has 1 amide bonds. The number of benzene rings is 1. The smallest absolute Gasteiger partial charge is 0.236 e. The number of carbonyl (C=O) groups excluding carboxylic acids is 1. The lowest BCUT2D eigenvalue weighted by Crippen LogP contribution is -2.61. The summed E-state index contributed by atoms with van der Waals surface area (Å²) in [4.78, 5) is 16.2. The van der Waals surface area contributed by atoms with Gasteiger partial charge in [-0.2, -0.15) is 0 Å². The first-order chi connectivity index (χ1) is 11.0. The van der Waals surface area contributed by atoms with Crippen LogP contribution < -0.4 is 5.32 Å². The molecule has 2 aliphatic heterocycles. The van der Waals surface area contributed by atoms with Gasteiger partial charge in [0.2, 0.25) is 5.91 Å². The lowest BCUT2D eigenvalue weighted by atomic mass is 10.0. The Hall–Kier alpha value is -0.860. The van der Waals surface area contributed by atoms with Crippen molar-refractivity contribution in [2.45, 2.75) is 18.6 Å². The molecule has 1 aromatic carbocycles. The van der Waals surface area contributed by atoms with Gasteiger partial charge in [0, 0.05) is 25.7 Å². The second-order valence-corrected chi connectivity index (χ2v) is 8.44. The van der Waals surface area contributed by atoms with E-state index in [1.807, 2.05) is 18.2 Å². The van der Waals surface area contributed by atoms with Crippen LogP contribution in [0.4, 0.5) is 0 Å². The largest absolute Gasteiger partial charge is 0.335 e. The average molecular weight is 410 g/mol. The van der Waals surface area contributed by atoms with Crippen LogP contribution in [0.25, 0.3) is 0 Å². The van der Waals surface area contributed by atoms with Crippen LogP contribution in [0.15, 0.2) is 30.3 Å². The normalized spacial score (nSPS) is 24.8. The molecule has 25 heavy (non-hydrogen) atoms. The maximum atomic E-state index is 12.3. The van der Waals surface area contributed by atoms with Crippen LogP contribution in [0.1, 0.15) is 5.56 Å². The second kappa shape index (κ2) is 9.19. The number of fused-ring (bicyclic) bond motifs is 1. The summed E-state index contributed by atoms with van der Waals surface area (Å²) >= 11 is 0. The average Bonchev–Trinajstić information content (AvgIpc) is 2.84. The lowest BCUT2D eigenvalue weighted by Gasteiger charge is -2.44. The Bertz CT molecular complexity index is 672. The van der Waals surface area contributed by atoms with Crippen molar-refractivity contribution >= 4 is 40.6 Å². The molecule has 0 saturated carbocycles. The third-order valence-electron chi connectivity index (χ3n) is 4.67. The van der Waals surface area contributed by atoms with Gasteiger partial charge >= 0.3 is 0 Å². The zero-order valence-electron chi connectivity index (χ0n) is 14.1. The van der Waals surface area contributed by atoms with Gasteiger partial charge < -0.3 is 10.2 Å². The van der Waals surface area contributed by atoms with E-state index in [1.54, 1.807) is 11.9 Å². The molecule has 0 aliphatic carbocycles. The minimum Gasteiger partial charge on any atom is -0.335 e. The third kappa shape index (κ3) is 5.08. The quantitative estimate of drug-likeness (QED) is 0.786. The van der Waals surface area contributed by atoms with Crippen LogP contribution in [0.5, 0.6) is 0 Å². The van der Waals surface area contributed by atoms with Gasteiger partial charge in [0.15, 0.2) is 9.84 Å². The van der Waals surface area contributed by atoms with Crippen LogP contribution in [0.2, 0.25) is 0 Å². The minimum atomic E-state index is -3.09. The van der Waals surface area contributed by atoms with Crippen molar-refractivity contribution in [1.82, 2.24) is 15.1 Å². The molecule has 2 saturated heterocycles. The number of rotatable bonds is 4. The Balaban J connectivity index is 0.00000156. The summed E-state index contributed by atoms with van der Waals surface area (Å²) in [5, 5.41) is 2.86. The Labute approximate surface area is 161 Å². The summed E-state index contributed by atoms with van der Waals surface area (Å²) < 4.78 is 24.3. The predicted molar refractivity (Wildman–Crippen MR) is 103 cm³/mol. The summed E-state index contributed by atoms with van der Waals surface area (Å²) in [6.45, 7) is 2.28. The molecule has 0 bridgehead atoms. The van der Waals surface area contributed by atoms with E-state index in [2.05, 4.69) is 22.3 Å². The first-order valence-electron chi connectivity index (χ1n) is 7.92. The molecule has 9 heteroatoms. The van der Waals surface area contributed by atoms with Crippen molar-refractivity contribution in [2.75, 3.05) is 38.2 Å². The summed E-state index contributed by atoms with van der Waals surface area (Å²) in [6, 6.07) is 9.73. The molecule has 2 heterocycles. The molecule has 0 unspecified atom stereocenters. The van der Waals surface area contributed by atoms with Gasteiger partial charge in [0.25, 0.3) is 0 Å². The standard InChI is InChI=1S/C16H23N3O3S.2ClH/c1-17-9-16(20)19-8-7-18(10-13-5-3-2-4-6-13)14-11-23(21,22)12-15(14)19;;/h2-6,14-15,17H,7-12H2,1H3;2*1H/t14-,15+;;/m1../s1. The van der Waals surface area contributed by atoms with Crippen molar-refractivity contribution in [3.05, 3.63) is 35.9 Å². The number of hydrogen-bond donors (Lipinski definition) is 1. The van der Waals surface area contributed by atoms with Crippen LogP contribution in [0.3, 0.4) is 0 Å². The van der Waals surface area contributed by atoms with E-state index in [-0.39, 0.29) is 60.9 Å². The van der Waals surface area contributed by atoms with Gasteiger partial charge in [0.1, 0.15) is 0 Å². The topological polar surface area (TPSA) is 69.7 Å². The van der Waals surface area contributed by atoms with Crippen molar-refractivity contribution in [3.63, 3.8) is 0 Å². The summed E-state index contributed by atoms with van der Waals surface area (Å²) in [6.07, 6.45) is 0. The SMILES string of the molecule is CNCC(=O)N1CCN(Cc2ccccc2)[C@@H]2CS(=O)(=O)C[C@@H]21.Cl.Cl. The molecule has 1 aromatic rings. The van der Waals surface area contributed by atoms with Crippen LogP contribution in [-0.2, 0) is 21.2 Å². The van der Waals surface area contributed by atoms with Crippen molar-refractivity contribution < 1.29 is 13.2 Å². The predicted octanol–water partition coefficient (Wildman–Crippen LogP) is 0.559. The van der Waals surface area contributed by atoms with E-state index in [0.717, 1.165) is 6.54 Å². The number of piperazine rings is 1. The number of amides is 1. The zero-order chi connectivity index (χ0) is 16.4. The Morgan fingerprint density at radius 2 is 1.76 bits per heavy atom. The fraction of sp³-hybridized carbons (Fsp3) is 0.562. The van der Waals surface area contributed by atoms with Crippen LogP contribution in [0, 0.1) is 0 Å². The molecule has 1 N–H and O–H groups in total. The molecular formula is C16H25Cl2N3O3S. The lowest BCUT2D eigenvalue weighted by molar-refractivity contribution is -0.136. The van der Waals surface area contributed by atoms with Crippen molar-refractivity contribution in [2.24, 2.45) is 0 Å². The molecule has 2 atom stereocenters. The number of sulfone groups is 1. The van der Waals surface area contributed by atoms with E-state index >= 15 is 0 Å². The van der Waals surface area contributed by atoms with E-state index in [9.17, 15) is 13.2 Å². The molecule has 3 rings (SSSR count). The molecular weight excluding hydrogens is 385 g/mol. The van der Waals surface area contributed by atoms with E-state index in [4.69, 9.17) is 0 Å². The van der Waals surface area contributed by atoms with Crippen molar-refractivity contribution in [3.8, 4) is 0 Å². The Morgan fingerprint density at radius 3 is 2.40 bits per heavy atom. The third-order valence-corrected chi connectivity index (χ3v) is 6.37. The highest BCUT2D eigenvalue weighted by Gasteiger charge is 2.47. The van der Waals surface area contributed by atoms with E-state index < -0.39 is 9.84 Å². The fourth-order valence-electron chi connectivity index (χ4n) is 3.60. The van der Waals surface area contributed by atoms with Crippen molar-refractivity contribution in [1.29, 1.82) is 0 Å². The number of carbonyl (C=O) groups is 1. The van der Waals surface area contributed by atoms with Gasteiger partial charge in [-0.15, -0.1) is 24.8 Å². The summed E-state index contributed by atoms with van der Waals surface area (Å²) in [7, 11) is -1.36. The first-order valence-corrected chi connectivity index (χ1v) is 9.75. The van der Waals surface area contributed by atoms with E-state index in [0.29, 0.717) is 13.1 Å². The van der Waals surface area contributed by atoms with Crippen LogP contribution >= 0.6 is 24.8 Å². The Kier molecular flexibility index (Phi) is 8.15. The van der Waals surface area contributed by atoms with Gasteiger partial charge in [-0.05, 0) is 12.6 Å². The zero-order valence-corrected chi connectivity index (χ0v) is 16.6. The van der Waals surface area contributed by atoms with Crippen LogP contribution in [-0.4, -0.2) is 74.4 Å². The fourth-order valence-corrected chi connectivity index (χ4v) is 5.61. The first kappa shape index (κ1) is 22.2. The number of nitrogens with zero attached hydrogens (tertiary/aromatic N) is 2. The van der Waals surface area contributed by atoms with Gasteiger partial charge in [-0.25, -0.2) is 8.42 Å². The number of hydrogen-bond acceptors (Lipinski definition) is 5. The maximum Gasteiger partial charge on any atom is 0.236 e. The summed E-state index contributed by atoms with van der Waals surface area (Å²) in [5.41, 5.74) is 1.17. The van der Waals surface area contributed by atoms with E-state index in [1.165, 1.54) is 5.56 Å². The molecule has 2 aliphatic rings. The number of halogens is 2. The second-order valence-electron chi connectivity index (χ2n) is 6.29. The number of nitrogens with one attached hydrogen (secondary N) is 1. The highest BCUT2D eigenvalue weighted by atomic mass is 35.5. The summed E-state index contributed by atoms with van der Waals surface area (Å²) in [5.74, 6) is 0.214. The monoisotopic (exact) mass is 409 g/mol. The minimum absolute atomic E-state index is 0. The molecule has 0 spiro atoms. The Morgan fingerprint density at radius 1 is 1.12 bits per heavy atom. The van der Waals surface area contributed by atoms with Gasteiger partial charge in [-0.3, -0.25) is 9.69 Å². The highest BCUT2D eigenvalue weighted by Crippen LogP contribution is 2.28. The molecule has 6 nitrogen and oxygen atoms in total. The molecule has 142 valence electrons. The molecule has 0 aromatic heterocycles. The maximum absolute atomic E-state index is 12.3. The molecule has 0 radical (unpaired) electrons. The van der Waals surface area contributed by atoms with Gasteiger partial charge in [0.05, 0.1) is 24.1 Å². The van der Waals surface area contributed by atoms with Gasteiger partial charge in [-0.1, -0.05) is 30.3 Å². The molecule has 2 fully saturated rings.